The highest BCUT2D eigenvalue weighted by molar-refractivity contribution is 6.31. The molecule has 0 aliphatic heterocycles. The number of nitrogens with zero attached hydrogens (tertiary/aromatic N) is 1. The van der Waals surface area contributed by atoms with E-state index in [0.717, 1.165) is 18.2 Å². The van der Waals surface area contributed by atoms with Crippen LogP contribution >= 0.6 is 11.6 Å². The Balaban J connectivity index is 2.16. The average Bonchev–Trinajstić information content (AvgIpc) is 2.51. The Hall–Kier alpha value is -2.29. The first-order chi connectivity index (χ1) is 11.5. The maximum absolute atomic E-state index is 12.9. The van der Waals surface area contributed by atoms with E-state index in [0.29, 0.717) is 12.3 Å². The van der Waals surface area contributed by atoms with Crippen molar-refractivity contribution in [2.75, 3.05) is 0 Å². The van der Waals surface area contributed by atoms with E-state index < -0.39 is 41.5 Å². The van der Waals surface area contributed by atoms with Crippen LogP contribution in [0.1, 0.15) is 27.2 Å². The lowest BCUT2D eigenvalue weighted by molar-refractivity contribution is -0.138. The van der Waals surface area contributed by atoms with Crippen molar-refractivity contribution in [2.24, 2.45) is 0 Å². The molecule has 0 aliphatic carbocycles. The maximum Gasteiger partial charge on any atom is 0.417 e. The molecule has 0 fully saturated rings. The molecule has 2 aromatic rings. The van der Waals surface area contributed by atoms with Gasteiger partial charge >= 0.3 is 12.4 Å². The van der Waals surface area contributed by atoms with E-state index in [2.05, 4.69) is 10.3 Å². The summed E-state index contributed by atoms with van der Waals surface area (Å²) in [4.78, 5) is 15.5. The molecule has 0 spiro atoms. The van der Waals surface area contributed by atoms with Crippen molar-refractivity contribution < 1.29 is 31.1 Å². The zero-order chi connectivity index (χ0) is 18.8. The monoisotopic (exact) mass is 382 g/mol. The smallest absolute Gasteiger partial charge is 0.346 e. The van der Waals surface area contributed by atoms with Crippen molar-refractivity contribution in [3.05, 3.63) is 63.9 Å². The summed E-state index contributed by atoms with van der Waals surface area (Å²) in [5.41, 5.74) is -2.92. The van der Waals surface area contributed by atoms with Gasteiger partial charge in [-0.05, 0) is 18.2 Å². The highest BCUT2D eigenvalue weighted by atomic mass is 35.5. The summed E-state index contributed by atoms with van der Waals surface area (Å²) in [5, 5.41) is 1.80. The third-order valence-electron chi connectivity index (χ3n) is 3.14. The van der Waals surface area contributed by atoms with Gasteiger partial charge in [-0.15, -0.1) is 0 Å². The van der Waals surface area contributed by atoms with Gasteiger partial charge in [-0.3, -0.25) is 9.78 Å². The fourth-order valence-electron chi connectivity index (χ4n) is 1.94. The molecular weight excluding hydrogens is 374 g/mol. The van der Waals surface area contributed by atoms with Crippen LogP contribution in [0.4, 0.5) is 26.3 Å². The first-order valence-electron chi connectivity index (χ1n) is 6.66. The molecular formula is C15H9ClF6N2O. The molecule has 0 bridgehead atoms. The lowest BCUT2D eigenvalue weighted by Gasteiger charge is -2.13. The van der Waals surface area contributed by atoms with E-state index in [1.165, 1.54) is 6.07 Å². The lowest BCUT2D eigenvalue weighted by Crippen LogP contribution is -2.26. The summed E-state index contributed by atoms with van der Waals surface area (Å²) in [5.74, 6) is -1.05. The molecule has 1 aromatic carbocycles. The van der Waals surface area contributed by atoms with Gasteiger partial charge in [-0.25, -0.2) is 0 Å². The van der Waals surface area contributed by atoms with Gasteiger partial charge in [0.2, 0.25) is 0 Å². The van der Waals surface area contributed by atoms with Crippen LogP contribution in [0.5, 0.6) is 0 Å². The van der Waals surface area contributed by atoms with Gasteiger partial charge in [0.25, 0.3) is 5.91 Å². The fraction of sp³-hybridized carbons (Fsp3) is 0.200. The molecule has 1 aromatic heterocycles. The first-order valence-corrected chi connectivity index (χ1v) is 7.04. The molecule has 1 heterocycles. The normalized spacial score (nSPS) is 12.1. The van der Waals surface area contributed by atoms with E-state index in [1.54, 1.807) is 0 Å². The highest BCUT2D eigenvalue weighted by Gasteiger charge is 2.35. The lowest BCUT2D eigenvalue weighted by atomic mass is 10.1. The van der Waals surface area contributed by atoms with Gasteiger partial charge in [0, 0.05) is 6.20 Å². The summed E-state index contributed by atoms with van der Waals surface area (Å²) >= 11 is 5.67. The quantitative estimate of drug-likeness (QED) is 0.782. The van der Waals surface area contributed by atoms with Gasteiger partial charge in [-0.2, -0.15) is 26.3 Å². The summed E-state index contributed by atoms with van der Waals surface area (Å²) in [6.45, 7) is -0.429. The minimum atomic E-state index is -4.72. The molecule has 25 heavy (non-hydrogen) atoms. The van der Waals surface area contributed by atoms with E-state index in [1.807, 2.05) is 0 Å². The summed E-state index contributed by atoms with van der Waals surface area (Å²) in [6.07, 6.45) is -8.83. The van der Waals surface area contributed by atoms with Crippen molar-refractivity contribution in [3.63, 3.8) is 0 Å². The number of alkyl halides is 6. The zero-order valence-electron chi connectivity index (χ0n) is 12.2. The summed E-state index contributed by atoms with van der Waals surface area (Å²) < 4.78 is 76.2. The number of hydrogen-bond donors (Lipinski definition) is 1. The van der Waals surface area contributed by atoms with Crippen LogP contribution in [0, 0.1) is 0 Å². The summed E-state index contributed by atoms with van der Waals surface area (Å²) in [7, 11) is 0. The predicted molar refractivity (Wildman–Crippen MR) is 76.9 cm³/mol. The van der Waals surface area contributed by atoms with Crippen LogP contribution < -0.4 is 5.32 Å². The van der Waals surface area contributed by atoms with E-state index in [4.69, 9.17) is 11.6 Å². The van der Waals surface area contributed by atoms with Crippen molar-refractivity contribution in [1.29, 1.82) is 0 Å². The second-order valence-corrected chi connectivity index (χ2v) is 5.28. The Morgan fingerprint density at radius 2 is 1.72 bits per heavy atom. The second-order valence-electron chi connectivity index (χ2n) is 4.88. The molecule has 10 heteroatoms. The van der Waals surface area contributed by atoms with Crippen LogP contribution in [0.3, 0.4) is 0 Å². The fourth-order valence-corrected chi connectivity index (χ4v) is 2.17. The number of carbonyl (C=O) groups is 1. The molecule has 0 aliphatic rings. The zero-order valence-corrected chi connectivity index (χ0v) is 12.9. The number of aromatic nitrogens is 1. The van der Waals surface area contributed by atoms with Gasteiger partial charge in [-0.1, -0.05) is 23.7 Å². The average molecular weight is 383 g/mol. The van der Waals surface area contributed by atoms with Crippen molar-refractivity contribution in [2.45, 2.75) is 18.9 Å². The van der Waals surface area contributed by atoms with E-state index >= 15 is 0 Å². The van der Waals surface area contributed by atoms with Crippen molar-refractivity contribution >= 4 is 17.5 Å². The number of pyridine rings is 1. The van der Waals surface area contributed by atoms with Crippen molar-refractivity contribution in [1.82, 2.24) is 10.3 Å². The molecule has 2 rings (SSSR count). The van der Waals surface area contributed by atoms with Gasteiger partial charge in [0.05, 0.1) is 34.0 Å². The minimum Gasteiger partial charge on any atom is -0.346 e. The third-order valence-corrected chi connectivity index (χ3v) is 3.47. The molecule has 134 valence electrons. The molecule has 1 N–H and O–H groups in total. The Kier molecular flexibility index (Phi) is 5.26. The molecule has 0 atom stereocenters. The first kappa shape index (κ1) is 19.0. The molecule has 1 amide bonds. The summed E-state index contributed by atoms with van der Waals surface area (Å²) in [6, 6.07) is 4.75. The number of hydrogen-bond acceptors (Lipinski definition) is 2. The number of nitrogens with one attached hydrogen (secondary N) is 1. The molecule has 0 unspecified atom stereocenters. The third kappa shape index (κ3) is 4.62. The Bertz CT molecular complexity index is 788. The molecule has 0 saturated heterocycles. The Morgan fingerprint density at radius 1 is 1.08 bits per heavy atom. The molecule has 0 saturated carbocycles. The van der Waals surface area contributed by atoms with Crippen LogP contribution in [-0.4, -0.2) is 10.9 Å². The maximum atomic E-state index is 12.9. The van der Waals surface area contributed by atoms with Crippen LogP contribution in [0.25, 0.3) is 0 Å². The van der Waals surface area contributed by atoms with Crippen molar-refractivity contribution in [3.8, 4) is 0 Å². The number of benzene rings is 1. The Morgan fingerprint density at radius 3 is 2.28 bits per heavy atom. The van der Waals surface area contributed by atoms with Crippen LogP contribution in [-0.2, 0) is 18.9 Å². The van der Waals surface area contributed by atoms with Crippen LogP contribution in [0.2, 0.25) is 5.02 Å². The van der Waals surface area contributed by atoms with Crippen LogP contribution in [0.15, 0.2) is 36.5 Å². The van der Waals surface area contributed by atoms with E-state index in [9.17, 15) is 31.1 Å². The second kappa shape index (κ2) is 6.91. The van der Waals surface area contributed by atoms with Gasteiger partial charge in [0.15, 0.2) is 0 Å². The number of rotatable bonds is 3. The molecule has 0 radical (unpaired) electrons. The number of carbonyl (C=O) groups excluding carboxylic acids is 1. The van der Waals surface area contributed by atoms with Gasteiger partial charge in [0.1, 0.15) is 0 Å². The predicted octanol–water partition coefficient (Wildman–Crippen LogP) is 4.70. The van der Waals surface area contributed by atoms with Gasteiger partial charge < -0.3 is 5.32 Å². The Labute approximate surface area is 142 Å². The largest absolute Gasteiger partial charge is 0.417 e. The highest BCUT2D eigenvalue weighted by Crippen LogP contribution is 2.32. The topological polar surface area (TPSA) is 42.0 Å². The molecule has 3 nitrogen and oxygen atoms in total. The SMILES string of the molecule is O=C(NCc1ncc(C(F)(F)F)cc1Cl)c1ccccc1C(F)(F)F. The number of halogens is 7. The van der Waals surface area contributed by atoms with E-state index in [-0.39, 0.29) is 10.7 Å². The standard InChI is InChI=1S/C15H9ClF6N2O/c16-11-5-8(14(17,18)19)6-23-12(11)7-24-13(25)9-3-1-2-4-10(9)15(20,21)22/h1-6H,7H2,(H,24,25). The number of amides is 1. The minimum absolute atomic E-state index is 0.104.